The second-order valence-electron chi connectivity index (χ2n) is 17.6. The van der Waals surface area contributed by atoms with E-state index in [0.29, 0.717) is 0 Å². The van der Waals surface area contributed by atoms with E-state index >= 15 is 0 Å². The molecule has 0 spiro atoms. The van der Waals surface area contributed by atoms with Gasteiger partial charge in [-0.15, -0.1) is 0 Å². The van der Waals surface area contributed by atoms with Crippen molar-refractivity contribution in [1.29, 1.82) is 0 Å². The first-order valence-electron chi connectivity index (χ1n) is 22.2. The van der Waals surface area contributed by atoms with E-state index in [2.05, 4.69) is 218 Å². The summed E-state index contributed by atoms with van der Waals surface area (Å²) in [7, 11) is 0. The van der Waals surface area contributed by atoms with Crippen LogP contribution in [0.25, 0.3) is 66.4 Å². The van der Waals surface area contributed by atoms with Gasteiger partial charge in [0.25, 0.3) is 0 Å². The summed E-state index contributed by atoms with van der Waals surface area (Å²) in [5.41, 5.74) is 21.3. The minimum Gasteiger partial charge on any atom is -0.456 e. The van der Waals surface area contributed by atoms with Crippen LogP contribution in [-0.4, -0.2) is 6.54 Å². The van der Waals surface area contributed by atoms with Crippen LogP contribution in [0.1, 0.15) is 37.0 Å². The van der Waals surface area contributed by atoms with E-state index < -0.39 is 0 Å². The molecule has 0 atom stereocenters. The molecule has 2 heterocycles. The molecule has 12 rings (SSSR count). The van der Waals surface area contributed by atoms with Crippen LogP contribution in [-0.2, 0) is 11.8 Å². The molecule has 63 heavy (non-hydrogen) atoms. The Kier molecular flexibility index (Phi) is 8.72. The van der Waals surface area contributed by atoms with Crippen molar-refractivity contribution in [2.24, 2.45) is 0 Å². The number of furan rings is 1. The number of fused-ring (bicyclic) bond motifs is 7. The smallest absolute Gasteiger partial charge is 0.136 e. The highest BCUT2D eigenvalue weighted by atomic mass is 16.3. The summed E-state index contributed by atoms with van der Waals surface area (Å²) >= 11 is 0. The maximum absolute atomic E-state index is 6.40. The minimum atomic E-state index is -0.196. The van der Waals surface area contributed by atoms with Gasteiger partial charge in [-0.25, -0.2) is 0 Å². The topological polar surface area (TPSA) is 19.6 Å². The molecule has 0 fully saturated rings. The third-order valence-corrected chi connectivity index (χ3v) is 13.6. The minimum absolute atomic E-state index is 0.196. The van der Waals surface area contributed by atoms with Gasteiger partial charge in [-0.3, -0.25) is 0 Å². The molecule has 10 aromatic rings. The zero-order valence-electron chi connectivity index (χ0n) is 35.6. The van der Waals surface area contributed by atoms with Gasteiger partial charge in [-0.05, 0) is 130 Å². The molecule has 1 aliphatic heterocycles. The van der Waals surface area contributed by atoms with Crippen molar-refractivity contribution in [2.75, 3.05) is 16.3 Å². The number of benzene rings is 9. The monoisotopic (exact) mass is 810 g/mol. The van der Waals surface area contributed by atoms with Crippen molar-refractivity contribution < 1.29 is 4.42 Å². The zero-order chi connectivity index (χ0) is 42.1. The van der Waals surface area contributed by atoms with Crippen molar-refractivity contribution in [3.05, 3.63) is 223 Å². The Balaban J connectivity index is 1.11. The second kappa shape index (κ2) is 14.8. The summed E-state index contributed by atoms with van der Waals surface area (Å²) < 4.78 is 6.40. The van der Waals surface area contributed by atoms with Gasteiger partial charge in [-0.2, -0.15) is 0 Å². The van der Waals surface area contributed by atoms with E-state index in [1.54, 1.807) is 0 Å². The van der Waals surface area contributed by atoms with Crippen molar-refractivity contribution >= 4 is 50.4 Å². The lowest BCUT2D eigenvalue weighted by Crippen LogP contribution is -2.25. The van der Waals surface area contributed by atoms with Crippen LogP contribution in [0, 0.1) is 0 Å². The molecular weight excluding hydrogens is 765 g/mol. The fourth-order valence-corrected chi connectivity index (χ4v) is 10.5. The average Bonchev–Trinajstić information content (AvgIpc) is 3.82. The summed E-state index contributed by atoms with van der Waals surface area (Å²) in [6.45, 7) is 5.74. The number of nitrogens with zero attached hydrogens (tertiary/aromatic N) is 2. The standard InChI is InChI=1S/C60H46N2O/c1-60(2)54-27-11-9-24-48(54)52-38-53(51-26-14-18-42-20-15-35-61(59(42)51)45-21-7-4-8-22-45)56(39-55(52)60)62(46-32-29-41(30-33-46)40-16-5-3-6-17-40)47-23-13-19-43(36-47)44-31-34-50-49-25-10-12-28-57(49)63-58(50)37-44/h3-14,16-19,21-34,36-39H,15,20,35H2,1-2H3. The Labute approximate surface area is 369 Å². The Morgan fingerprint density at radius 3 is 1.98 bits per heavy atom. The van der Waals surface area contributed by atoms with Crippen LogP contribution in [0.3, 0.4) is 0 Å². The van der Waals surface area contributed by atoms with Crippen molar-refractivity contribution in [3.63, 3.8) is 0 Å². The van der Waals surface area contributed by atoms with Crippen LogP contribution >= 0.6 is 0 Å². The summed E-state index contributed by atoms with van der Waals surface area (Å²) in [5, 5.41) is 2.27. The molecule has 0 unspecified atom stereocenters. The number of para-hydroxylation sites is 3. The van der Waals surface area contributed by atoms with Crippen molar-refractivity contribution in [3.8, 4) is 44.5 Å². The quantitative estimate of drug-likeness (QED) is 0.160. The lowest BCUT2D eigenvalue weighted by Gasteiger charge is -2.35. The van der Waals surface area contributed by atoms with E-state index in [1.807, 2.05) is 12.1 Å². The number of hydrogen-bond acceptors (Lipinski definition) is 3. The molecule has 0 saturated carbocycles. The van der Waals surface area contributed by atoms with E-state index in [9.17, 15) is 0 Å². The first-order valence-corrected chi connectivity index (χ1v) is 22.2. The van der Waals surface area contributed by atoms with Gasteiger partial charge in [-0.1, -0.05) is 153 Å². The van der Waals surface area contributed by atoms with Gasteiger partial charge < -0.3 is 14.2 Å². The third kappa shape index (κ3) is 6.18. The Morgan fingerprint density at radius 2 is 1.13 bits per heavy atom. The summed E-state index contributed by atoms with van der Waals surface area (Å²) in [6, 6.07) is 75.7. The highest BCUT2D eigenvalue weighted by molar-refractivity contribution is 6.06. The molecule has 0 amide bonds. The summed E-state index contributed by atoms with van der Waals surface area (Å²) in [5.74, 6) is 0. The van der Waals surface area contributed by atoms with E-state index in [0.717, 1.165) is 69.5 Å². The van der Waals surface area contributed by atoms with Crippen LogP contribution in [0.15, 0.2) is 211 Å². The summed E-state index contributed by atoms with van der Waals surface area (Å²) in [6.07, 6.45) is 2.15. The zero-order valence-corrected chi connectivity index (χ0v) is 35.6. The molecule has 0 N–H and O–H groups in total. The molecule has 0 saturated heterocycles. The lowest BCUT2D eigenvalue weighted by atomic mass is 9.81. The predicted molar refractivity (Wildman–Crippen MR) is 264 cm³/mol. The Bertz CT molecular complexity index is 3340. The van der Waals surface area contributed by atoms with Crippen LogP contribution < -0.4 is 9.80 Å². The molecule has 302 valence electrons. The SMILES string of the molecule is CC1(C)c2ccccc2-c2cc(-c3cccc4c3N(c3ccccc3)CCC4)c(N(c3ccc(-c4ccccc4)cc3)c3cccc(-c4ccc5c(c4)oc4ccccc45)c3)cc21. The number of hydrogen-bond donors (Lipinski definition) is 0. The van der Waals surface area contributed by atoms with Crippen LogP contribution in [0.4, 0.5) is 28.4 Å². The van der Waals surface area contributed by atoms with Gasteiger partial charge >= 0.3 is 0 Å². The molecule has 0 bridgehead atoms. The Hall–Kier alpha value is -7.62. The number of aryl methyl sites for hydroxylation is 1. The third-order valence-electron chi connectivity index (χ3n) is 13.6. The van der Waals surface area contributed by atoms with Gasteiger partial charge in [0.1, 0.15) is 11.2 Å². The van der Waals surface area contributed by atoms with Gasteiger partial charge in [0.15, 0.2) is 0 Å². The van der Waals surface area contributed by atoms with Crippen molar-refractivity contribution in [2.45, 2.75) is 32.1 Å². The molecular formula is C60H46N2O. The maximum atomic E-state index is 6.40. The van der Waals surface area contributed by atoms with Crippen LogP contribution in [0.5, 0.6) is 0 Å². The average molecular weight is 811 g/mol. The molecule has 9 aromatic carbocycles. The lowest BCUT2D eigenvalue weighted by molar-refractivity contribution is 0.660. The van der Waals surface area contributed by atoms with Crippen LogP contribution in [0.2, 0.25) is 0 Å². The molecule has 3 heteroatoms. The molecule has 0 radical (unpaired) electrons. The first-order chi connectivity index (χ1) is 31.0. The fraction of sp³-hybridized carbons (Fsp3) is 0.100. The Morgan fingerprint density at radius 1 is 0.460 bits per heavy atom. The highest BCUT2D eigenvalue weighted by Crippen LogP contribution is 2.55. The second-order valence-corrected chi connectivity index (χ2v) is 17.6. The molecule has 1 aromatic heterocycles. The van der Waals surface area contributed by atoms with E-state index in [-0.39, 0.29) is 5.41 Å². The maximum Gasteiger partial charge on any atom is 0.136 e. The normalized spacial score (nSPS) is 13.8. The molecule has 2 aliphatic rings. The molecule has 1 aliphatic carbocycles. The van der Waals surface area contributed by atoms with Gasteiger partial charge in [0.05, 0.1) is 11.4 Å². The van der Waals surface area contributed by atoms with Crippen molar-refractivity contribution in [1.82, 2.24) is 0 Å². The number of rotatable bonds is 7. The summed E-state index contributed by atoms with van der Waals surface area (Å²) in [4.78, 5) is 5.05. The van der Waals surface area contributed by atoms with E-state index in [4.69, 9.17) is 4.42 Å². The largest absolute Gasteiger partial charge is 0.456 e. The first kappa shape index (κ1) is 37.2. The fourth-order valence-electron chi connectivity index (χ4n) is 10.5. The predicted octanol–water partition coefficient (Wildman–Crippen LogP) is 16.4. The highest BCUT2D eigenvalue weighted by Gasteiger charge is 2.37. The molecule has 3 nitrogen and oxygen atoms in total. The van der Waals surface area contributed by atoms with Gasteiger partial charge in [0, 0.05) is 50.9 Å². The van der Waals surface area contributed by atoms with Gasteiger partial charge in [0.2, 0.25) is 0 Å². The van der Waals surface area contributed by atoms with E-state index in [1.165, 1.54) is 61.4 Å². The number of anilines is 5.